The van der Waals surface area contributed by atoms with Gasteiger partial charge in [0.05, 0.1) is 16.6 Å². The van der Waals surface area contributed by atoms with Crippen LogP contribution in [0.2, 0.25) is 0 Å². The zero-order valence-corrected chi connectivity index (χ0v) is 18.5. The maximum absolute atomic E-state index is 13.1. The van der Waals surface area contributed by atoms with Gasteiger partial charge in [0, 0.05) is 32.2 Å². The zero-order chi connectivity index (χ0) is 21.7. The lowest BCUT2D eigenvalue weighted by Gasteiger charge is -2.19. The van der Waals surface area contributed by atoms with Gasteiger partial charge in [-0.1, -0.05) is 42.9 Å². The maximum Gasteiger partial charge on any atom is 0.261 e. The third-order valence-corrected chi connectivity index (χ3v) is 6.77. The van der Waals surface area contributed by atoms with E-state index in [0.717, 1.165) is 54.9 Å². The largest absolute Gasteiger partial charge is 0.381 e. The van der Waals surface area contributed by atoms with Crippen molar-refractivity contribution < 1.29 is 4.74 Å². The van der Waals surface area contributed by atoms with Crippen LogP contribution in [0.5, 0.6) is 0 Å². The molecule has 2 aromatic heterocycles. The molecule has 0 bridgehead atoms. The van der Waals surface area contributed by atoms with Gasteiger partial charge in [-0.05, 0) is 55.4 Å². The highest BCUT2D eigenvalue weighted by Gasteiger charge is 2.21. The molecular formula is C26H29N3O2. The molecule has 5 heteroatoms. The summed E-state index contributed by atoms with van der Waals surface area (Å²) in [4.78, 5) is 13.1. The first-order valence-electron chi connectivity index (χ1n) is 11.1. The number of rotatable bonds is 2. The van der Waals surface area contributed by atoms with E-state index >= 15 is 0 Å². The SMILES string of the molecule is C=C1CC(C)=CC(c2ccc3c(=O)n(C)c4cc(C5CCOCC5)nn4c3c2)=CC1C. The fraction of sp³-hybridized carbons (Fsp3) is 0.385. The van der Waals surface area contributed by atoms with Crippen molar-refractivity contribution >= 4 is 22.1 Å². The number of hydrogen-bond donors (Lipinski definition) is 0. The summed E-state index contributed by atoms with van der Waals surface area (Å²) in [6.45, 7) is 10.1. The Morgan fingerprint density at radius 2 is 1.97 bits per heavy atom. The van der Waals surface area contributed by atoms with Crippen LogP contribution in [0, 0.1) is 5.92 Å². The van der Waals surface area contributed by atoms with Crippen LogP contribution in [0.1, 0.15) is 50.3 Å². The Morgan fingerprint density at radius 3 is 2.74 bits per heavy atom. The van der Waals surface area contributed by atoms with E-state index in [9.17, 15) is 4.79 Å². The van der Waals surface area contributed by atoms with E-state index in [1.807, 2.05) is 17.6 Å². The highest BCUT2D eigenvalue weighted by molar-refractivity contribution is 5.87. The number of benzene rings is 1. The van der Waals surface area contributed by atoms with Gasteiger partial charge in [0.2, 0.25) is 0 Å². The van der Waals surface area contributed by atoms with Crippen LogP contribution >= 0.6 is 0 Å². The Kier molecular flexibility index (Phi) is 4.94. The summed E-state index contributed by atoms with van der Waals surface area (Å²) in [5.41, 5.74) is 7.56. The van der Waals surface area contributed by atoms with Gasteiger partial charge in [0.1, 0.15) is 5.65 Å². The van der Waals surface area contributed by atoms with Crippen molar-refractivity contribution in [3.05, 3.63) is 75.8 Å². The van der Waals surface area contributed by atoms with Crippen molar-refractivity contribution in [1.29, 1.82) is 0 Å². The number of aryl methyl sites for hydroxylation is 1. The smallest absolute Gasteiger partial charge is 0.261 e. The third-order valence-electron chi connectivity index (χ3n) is 6.77. The van der Waals surface area contributed by atoms with Crippen molar-refractivity contribution in [1.82, 2.24) is 14.2 Å². The van der Waals surface area contributed by atoms with Gasteiger partial charge in [0.15, 0.2) is 0 Å². The van der Waals surface area contributed by atoms with Crippen LogP contribution in [-0.2, 0) is 11.8 Å². The van der Waals surface area contributed by atoms with Gasteiger partial charge in [-0.2, -0.15) is 5.10 Å². The Labute approximate surface area is 182 Å². The number of aromatic nitrogens is 3. The predicted octanol–water partition coefficient (Wildman–Crippen LogP) is 5.01. The fourth-order valence-electron chi connectivity index (χ4n) is 4.80. The van der Waals surface area contributed by atoms with E-state index in [1.165, 1.54) is 16.7 Å². The van der Waals surface area contributed by atoms with E-state index in [4.69, 9.17) is 9.84 Å². The Balaban J connectivity index is 1.71. The first-order chi connectivity index (χ1) is 14.9. The normalized spacial score (nSPS) is 20.7. The molecule has 1 aromatic carbocycles. The van der Waals surface area contributed by atoms with Crippen LogP contribution in [0.3, 0.4) is 0 Å². The molecule has 1 aliphatic carbocycles. The van der Waals surface area contributed by atoms with Gasteiger partial charge in [-0.25, -0.2) is 4.52 Å². The van der Waals surface area contributed by atoms with Crippen molar-refractivity contribution in [2.75, 3.05) is 13.2 Å². The highest BCUT2D eigenvalue weighted by Crippen LogP contribution is 2.32. The minimum atomic E-state index is 0.00999. The number of hydrogen-bond acceptors (Lipinski definition) is 3. The molecule has 5 nitrogen and oxygen atoms in total. The lowest BCUT2D eigenvalue weighted by atomic mass is 9.97. The molecule has 1 unspecified atom stereocenters. The van der Waals surface area contributed by atoms with Crippen LogP contribution in [0.25, 0.3) is 22.1 Å². The molecule has 31 heavy (non-hydrogen) atoms. The standard InChI is InChI=1S/C26H29N3O2/c1-16-11-17(2)18(3)13-21(12-16)20-5-6-22-24(14-20)29-25(28(4)26(22)30)15-23(27-29)19-7-9-31-10-8-19/h5-6,12-15,18-19H,2,7-11H2,1,3-4H3. The lowest BCUT2D eigenvalue weighted by molar-refractivity contribution is 0.0844. The molecule has 3 aromatic rings. The van der Waals surface area contributed by atoms with Gasteiger partial charge in [0.25, 0.3) is 5.56 Å². The summed E-state index contributed by atoms with van der Waals surface area (Å²) in [5.74, 6) is 0.692. The molecule has 0 N–H and O–H groups in total. The first-order valence-corrected chi connectivity index (χ1v) is 11.1. The minimum Gasteiger partial charge on any atom is -0.381 e. The Morgan fingerprint density at radius 1 is 1.19 bits per heavy atom. The molecule has 2 aliphatic rings. The summed E-state index contributed by atoms with van der Waals surface area (Å²) in [7, 11) is 1.83. The molecule has 1 saturated heterocycles. The van der Waals surface area contributed by atoms with Crippen molar-refractivity contribution in [2.45, 2.75) is 39.0 Å². The van der Waals surface area contributed by atoms with Crippen molar-refractivity contribution in [3.8, 4) is 0 Å². The number of allylic oxidation sites excluding steroid dienone is 5. The Bertz CT molecular complexity index is 1320. The molecule has 160 valence electrons. The van der Waals surface area contributed by atoms with E-state index < -0.39 is 0 Å². The summed E-state index contributed by atoms with van der Waals surface area (Å²) < 4.78 is 9.17. The highest BCUT2D eigenvalue weighted by atomic mass is 16.5. The fourth-order valence-corrected chi connectivity index (χ4v) is 4.80. The second-order valence-electron chi connectivity index (χ2n) is 9.06. The molecule has 1 aliphatic heterocycles. The van der Waals surface area contributed by atoms with Crippen LogP contribution in [0.4, 0.5) is 0 Å². The number of nitrogens with zero attached hydrogens (tertiary/aromatic N) is 3. The topological polar surface area (TPSA) is 48.5 Å². The molecule has 1 fully saturated rings. The monoisotopic (exact) mass is 415 g/mol. The molecule has 0 amide bonds. The molecule has 3 heterocycles. The molecular weight excluding hydrogens is 386 g/mol. The van der Waals surface area contributed by atoms with Crippen LogP contribution in [-0.4, -0.2) is 27.4 Å². The predicted molar refractivity (Wildman–Crippen MR) is 125 cm³/mol. The van der Waals surface area contributed by atoms with Crippen LogP contribution in [0.15, 0.2) is 58.9 Å². The van der Waals surface area contributed by atoms with Gasteiger partial charge in [-0.15, -0.1) is 0 Å². The lowest BCUT2D eigenvalue weighted by Crippen LogP contribution is -2.19. The van der Waals surface area contributed by atoms with Gasteiger partial charge in [-0.3, -0.25) is 9.36 Å². The van der Waals surface area contributed by atoms with Gasteiger partial charge >= 0.3 is 0 Å². The number of ether oxygens (including phenoxy) is 1. The second-order valence-corrected chi connectivity index (χ2v) is 9.06. The minimum absolute atomic E-state index is 0.00999. The van der Waals surface area contributed by atoms with Crippen molar-refractivity contribution in [3.63, 3.8) is 0 Å². The third kappa shape index (κ3) is 3.47. The summed E-state index contributed by atoms with van der Waals surface area (Å²) in [5, 5.41) is 5.65. The maximum atomic E-state index is 13.1. The van der Waals surface area contributed by atoms with Gasteiger partial charge < -0.3 is 4.74 Å². The average Bonchev–Trinajstić information content (AvgIpc) is 3.18. The first kappa shape index (κ1) is 20.0. The number of fused-ring (bicyclic) bond motifs is 3. The molecule has 5 rings (SSSR count). The Hall–Kier alpha value is -2.92. The summed E-state index contributed by atoms with van der Waals surface area (Å²) in [6.07, 6.45) is 7.38. The zero-order valence-electron chi connectivity index (χ0n) is 18.5. The summed E-state index contributed by atoms with van der Waals surface area (Å²) >= 11 is 0. The quantitative estimate of drug-likeness (QED) is 0.553. The van der Waals surface area contributed by atoms with E-state index in [1.54, 1.807) is 4.57 Å². The molecule has 1 atom stereocenters. The molecule has 0 spiro atoms. The second kappa shape index (κ2) is 7.65. The average molecular weight is 416 g/mol. The summed E-state index contributed by atoms with van der Waals surface area (Å²) in [6, 6.07) is 8.18. The van der Waals surface area contributed by atoms with E-state index in [2.05, 4.69) is 50.8 Å². The van der Waals surface area contributed by atoms with E-state index in [-0.39, 0.29) is 5.56 Å². The van der Waals surface area contributed by atoms with Crippen molar-refractivity contribution in [2.24, 2.45) is 13.0 Å². The van der Waals surface area contributed by atoms with E-state index in [0.29, 0.717) is 17.2 Å². The molecule has 0 radical (unpaired) electrons. The molecule has 0 saturated carbocycles. The van der Waals surface area contributed by atoms with Crippen LogP contribution < -0.4 is 5.56 Å².